The van der Waals surface area contributed by atoms with E-state index in [9.17, 15) is 13.2 Å². The van der Waals surface area contributed by atoms with E-state index in [1.807, 2.05) is 26.0 Å². The van der Waals surface area contributed by atoms with Crippen LogP contribution < -0.4 is 10.6 Å². The molecular weight excluding hydrogens is 374 g/mol. The van der Waals surface area contributed by atoms with Gasteiger partial charge in [0.05, 0.1) is 4.90 Å². The number of hydrogen-bond donors (Lipinski definition) is 2. The van der Waals surface area contributed by atoms with Crippen molar-refractivity contribution in [2.45, 2.75) is 44.6 Å². The maximum Gasteiger partial charge on any atom is 0.246 e. The molecule has 1 aliphatic heterocycles. The predicted octanol–water partition coefficient (Wildman–Crippen LogP) is 3.53. The second kappa shape index (κ2) is 8.32. The Morgan fingerprint density at radius 3 is 2.29 bits per heavy atom. The third kappa shape index (κ3) is 4.54. The largest absolute Gasteiger partial charge is 0.374 e. The molecule has 3 rings (SSSR count). The molecule has 0 spiro atoms. The van der Waals surface area contributed by atoms with Crippen LogP contribution in [0.25, 0.3) is 0 Å². The van der Waals surface area contributed by atoms with Gasteiger partial charge >= 0.3 is 0 Å². The van der Waals surface area contributed by atoms with Crippen LogP contribution >= 0.6 is 0 Å². The first kappa shape index (κ1) is 20.4. The van der Waals surface area contributed by atoms with Crippen LogP contribution in [0.3, 0.4) is 0 Å². The summed E-state index contributed by atoms with van der Waals surface area (Å²) < 4.78 is 26.6. The Labute approximate surface area is 167 Å². The number of carbonyl (C=O) groups is 1. The van der Waals surface area contributed by atoms with E-state index in [2.05, 4.69) is 16.7 Å². The highest BCUT2D eigenvalue weighted by molar-refractivity contribution is 7.89. The van der Waals surface area contributed by atoms with Crippen molar-refractivity contribution in [3.63, 3.8) is 0 Å². The van der Waals surface area contributed by atoms with Crippen LogP contribution in [0.15, 0.2) is 47.4 Å². The monoisotopic (exact) mass is 401 g/mol. The Bertz CT molecular complexity index is 949. The zero-order chi connectivity index (χ0) is 20.3. The summed E-state index contributed by atoms with van der Waals surface area (Å²) in [6, 6.07) is 11.9. The average molecular weight is 402 g/mol. The minimum absolute atomic E-state index is 0.185. The van der Waals surface area contributed by atoms with Gasteiger partial charge in [0.15, 0.2) is 0 Å². The summed E-state index contributed by atoms with van der Waals surface area (Å²) in [6.07, 6.45) is 1.80. The molecule has 1 saturated heterocycles. The molecule has 0 aliphatic carbocycles. The maximum atomic E-state index is 12.6. The van der Waals surface area contributed by atoms with Gasteiger partial charge in [-0.25, -0.2) is 8.42 Å². The van der Waals surface area contributed by atoms with Crippen molar-refractivity contribution in [2.24, 2.45) is 0 Å². The number of anilines is 2. The third-order valence-corrected chi connectivity index (χ3v) is 6.88. The number of aryl methyl sites for hydroxylation is 2. The molecule has 1 atom stereocenters. The lowest BCUT2D eigenvalue weighted by molar-refractivity contribution is -0.116. The standard InChI is InChI=1S/C21H27N3O3S/c1-15-6-11-20(16(2)14-15)22-17(3)21(25)23-18-7-9-19(10-8-18)28(26,27)24-12-4-5-13-24/h6-11,14,17,22H,4-5,12-13H2,1-3H3,(H,23,25)/t17-/m0/s1. The van der Waals surface area contributed by atoms with Crippen molar-refractivity contribution in [2.75, 3.05) is 23.7 Å². The van der Waals surface area contributed by atoms with Crippen molar-refractivity contribution in [3.05, 3.63) is 53.6 Å². The lowest BCUT2D eigenvalue weighted by atomic mass is 10.1. The number of carbonyl (C=O) groups excluding carboxylic acids is 1. The molecule has 0 radical (unpaired) electrons. The Balaban J connectivity index is 1.63. The Morgan fingerprint density at radius 2 is 1.68 bits per heavy atom. The van der Waals surface area contributed by atoms with E-state index in [-0.39, 0.29) is 10.8 Å². The molecule has 0 bridgehead atoms. The summed E-state index contributed by atoms with van der Waals surface area (Å²) in [7, 11) is -3.44. The van der Waals surface area contributed by atoms with Gasteiger partial charge in [0.25, 0.3) is 0 Å². The van der Waals surface area contributed by atoms with E-state index >= 15 is 0 Å². The average Bonchev–Trinajstić information content (AvgIpc) is 3.20. The van der Waals surface area contributed by atoms with Gasteiger partial charge in [-0.1, -0.05) is 17.7 Å². The molecular formula is C21H27N3O3S. The number of nitrogens with zero attached hydrogens (tertiary/aromatic N) is 1. The minimum atomic E-state index is -3.44. The van der Waals surface area contributed by atoms with Crippen LogP contribution in [0.4, 0.5) is 11.4 Å². The summed E-state index contributed by atoms with van der Waals surface area (Å²) in [6.45, 7) is 6.96. The van der Waals surface area contributed by atoms with Crippen molar-refractivity contribution in [3.8, 4) is 0 Å². The number of sulfonamides is 1. The maximum absolute atomic E-state index is 12.6. The lowest BCUT2D eigenvalue weighted by Crippen LogP contribution is -2.32. The van der Waals surface area contributed by atoms with E-state index in [1.54, 1.807) is 31.2 Å². The quantitative estimate of drug-likeness (QED) is 0.776. The molecule has 28 heavy (non-hydrogen) atoms. The fraction of sp³-hybridized carbons (Fsp3) is 0.381. The van der Waals surface area contributed by atoms with Crippen LogP contribution in [-0.2, 0) is 14.8 Å². The Hall–Kier alpha value is -2.38. The van der Waals surface area contributed by atoms with Gasteiger partial charge in [0, 0.05) is 24.5 Å². The number of amides is 1. The third-order valence-electron chi connectivity index (χ3n) is 4.97. The Morgan fingerprint density at radius 1 is 1.04 bits per heavy atom. The highest BCUT2D eigenvalue weighted by Crippen LogP contribution is 2.22. The van der Waals surface area contributed by atoms with Gasteiger partial charge < -0.3 is 10.6 Å². The molecule has 0 saturated carbocycles. The van der Waals surface area contributed by atoms with Gasteiger partial charge in [-0.3, -0.25) is 4.79 Å². The lowest BCUT2D eigenvalue weighted by Gasteiger charge is -2.18. The van der Waals surface area contributed by atoms with Crippen molar-refractivity contribution < 1.29 is 13.2 Å². The number of benzene rings is 2. The molecule has 0 unspecified atom stereocenters. The number of rotatable bonds is 6. The molecule has 1 heterocycles. The van der Waals surface area contributed by atoms with Crippen LogP contribution in [0.2, 0.25) is 0 Å². The topological polar surface area (TPSA) is 78.5 Å². The summed E-state index contributed by atoms with van der Waals surface area (Å²) in [5.41, 5.74) is 3.74. The van der Waals surface area contributed by atoms with Crippen LogP contribution in [0.1, 0.15) is 30.9 Å². The zero-order valence-corrected chi connectivity index (χ0v) is 17.3. The van der Waals surface area contributed by atoms with Crippen LogP contribution in [0.5, 0.6) is 0 Å². The fourth-order valence-corrected chi connectivity index (χ4v) is 4.83. The summed E-state index contributed by atoms with van der Waals surface area (Å²) in [5, 5.41) is 6.05. The van der Waals surface area contributed by atoms with Crippen LogP contribution in [0, 0.1) is 13.8 Å². The van der Waals surface area contributed by atoms with Gasteiger partial charge in [-0.2, -0.15) is 4.31 Å². The molecule has 1 fully saturated rings. The summed E-state index contributed by atoms with van der Waals surface area (Å²) >= 11 is 0. The van der Waals surface area contributed by atoms with E-state index in [0.29, 0.717) is 18.8 Å². The Kier molecular flexibility index (Phi) is 6.05. The molecule has 7 heteroatoms. The van der Waals surface area contributed by atoms with E-state index in [1.165, 1.54) is 9.87 Å². The SMILES string of the molecule is Cc1ccc(N[C@@H](C)C(=O)Nc2ccc(S(=O)(=O)N3CCCC3)cc2)c(C)c1. The van der Waals surface area contributed by atoms with E-state index in [0.717, 1.165) is 24.1 Å². The van der Waals surface area contributed by atoms with E-state index < -0.39 is 16.1 Å². The van der Waals surface area contributed by atoms with Crippen molar-refractivity contribution in [1.29, 1.82) is 0 Å². The van der Waals surface area contributed by atoms with Gasteiger partial charge in [-0.15, -0.1) is 0 Å². The van der Waals surface area contributed by atoms with Crippen molar-refractivity contribution >= 4 is 27.3 Å². The minimum Gasteiger partial charge on any atom is -0.374 e. The smallest absolute Gasteiger partial charge is 0.246 e. The van der Waals surface area contributed by atoms with Crippen molar-refractivity contribution in [1.82, 2.24) is 4.31 Å². The normalized spacial score (nSPS) is 16.0. The van der Waals surface area contributed by atoms with Crippen LogP contribution in [-0.4, -0.2) is 37.8 Å². The number of nitrogens with one attached hydrogen (secondary N) is 2. The van der Waals surface area contributed by atoms with Gasteiger partial charge in [0.2, 0.25) is 15.9 Å². The molecule has 1 aliphatic rings. The van der Waals surface area contributed by atoms with Gasteiger partial charge in [-0.05, 0) is 69.5 Å². The first-order valence-corrected chi connectivity index (χ1v) is 11.0. The second-order valence-electron chi connectivity index (χ2n) is 7.31. The molecule has 2 N–H and O–H groups in total. The molecule has 2 aromatic carbocycles. The molecule has 1 amide bonds. The summed E-state index contributed by atoms with van der Waals surface area (Å²) in [4.78, 5) is 12.7. The zero-order valence-electron chi connectivity index (χ0n) is 16.5. The predicted molar refractivity (Wildman–Crippen MR) is 112 cm³/mol. The highest BCUT2D eigenvalue weighted by atomic mass is 32.2. The second-order valence-corrected chi connectivity index (χ2v) is 9.25. The fourth-order valence-electron chi connectivity index (χ4n) is 3.31. The molecule has 150 valence electrons. The molecule has 6 nitrogen and oxygen atoms in total. The number of hydrogen-bond acceptors (Lipinski definition) is 4. The van der Waals surface area contributed by atoms with Gasteiger partial charge in [0.1, 0.15) is 6.04 Å². The van der Waals surface area contributed by atoms with E-state index in [4.69, 9.17) is 0 Å². The summed E-state index contributed by atoms with van der Waals surface area (Å²) in [5.74, 6) is -0.185. The highest BCUT2D eigenvalue weighted by Gasteiger charge is 2.27. The molecule has 0 aromatic heterocycles. The molecule has 2 aromatic rings. The first-order chi connectivity index (χ1) is 13.3. The first-order valence-electron chi connectivity index (χ1n) is 9.52.